The van der Waals surface area contributed by atoms with Gasteiger partial charge in [0.05, 0.1) is 6.10 Å². The molecule has 3 rings (SSSR count). The van der Waals surface area contributed by atoms with Gasteiger partial charge < -0.3 is 5.11 Å². The highest BCUT2D eigenvalue weighted by atomic mass is 19.1. The van der Waals surface area contributed by atoms with Crippen LogP contribution in [-0.4, -0.2) is 5.11 Å². The van der Waals surface area contributed by atoms with Gasteiger partial charge in [0.1, 0.15) is 5.82 Å². The summed E-state index contributed by atoms with van der Waals surface area (Å²) in [5, 5.41) is 10.2. The van der Waals surface area contributed by atoms with Crippen molar-refractivity contribution in [1.29, 1.82) is 0 Å². The molecule has 2 saturated carbocycles. The Morgan fingerprint density at radius 1 is 1.25 bits per heavy atom. The summed E-state index contributed by atoms with van der Waals surface area (Å²) in [5.41, 5.74) is 1.50. The zero-order chi connectivity index (χ0) is 11.3. The van der Waals surface area contributed by atoms with E-state index in [0.717, 1.165) is 30.2 Å². The Kier molecular flexibility index (Phi) is 2.28. The van der Waals surface area contributed by atoms with Crippen molar-refractivity contribution in [3.63, 3.8) is 0 Å². The van der Waals surface area contributed by atoms with Gasteiger partial charge >= 0.3 is 0 Å². The Morgan fingerprint density at radius 3 is 2.62 bits per heavy atom. The van der Waals surface area contributed by atoms with Crippen LogP contribution in [0.15, 0.2) is 18.2 Å². The van der Waals surface area contributed by atoms with Crippen LogP contribution in [0.1, 0.15) is 36.5 Å². The largest absolute Gasteiger partial charge is 0.388 e. The van der Waals surface area contributed by atoms with Gasteiger partial charge in [0.2, 0.25) is 0 Å². The summed E-state index contributed by atoms with van der Waals surface area (Å²) in [5.74, 6) is 1.67. The maximum absolute atomic E-state index is 13.6. The summed E-state index contributed by atoms with van der Waals surface area (Å²) in [7, 11) is 0. The number of hydrogen-bond acceptors (Lipinski definition) is 1. The summed E-state index contributed by atoms with van der Waals surface area (Å²) < 4.78 is 13.6. The lowest BCUT2D eigenvalue weighted by Crippen LogP contribution is -2.12. The molecule has 2 fully saturated rings. The maximum atomic E-state index is 13.6. The molecule has 0 aliphatic heterocycles. The predicted molar refractivity (Wildman–Crippen MR) is 60.4 cm³/mol. The van der Waals surface area contributed by atoms with E-state index in [-0.39, 0.29) is 11.7 Å². The molecular formula is C14H17FO. The minimum absolute atomic E-state index is 0.265. The van der Waals surface area contributed by atoms with E-state index in [4.69, 9.17) is 0 Å². The minimum Gasteiger partial charge on any atom is -0.388 e. The van der Waals surface area contributed by atoms with Gasteiger partial charge in [-0.25, -0.2) is 4.39 Å². The number of benzene rings is 1. The SMILES string of the molecule is Cc1ccc(F)c(C(O)C2CC3CC3C2)c1. The molecule has 86 valence electrons. The van der Waals surface area contributed by atoms with Gasteiger partial charge in [-0.05, 0) is 50.0 Å². The van der Waals surface area contributed by atoms with Gasteiger partial charge in [-0.2, -0.15) is 0 Å². The highest BCUT2D eigenvalue weighted by Gasteiger charge is 2.48. The van der Waals surface area contributed by atoms with E-state index in [1.165, 1.54) is 12.5 Å². The first-order valence-electron chi connectivity index (χ1n) is 6.09. The first kappa shape index (κ1) is 10.3. The number of aryl methyl sites for hydroxylation is 1. The van der Waals surface area contributed by atoms with E-state index in [2.05, 4.69) is 0 Å². The highest BCUT2D eigenvalue weighted by molar-refractivity contribution is 5.26. The number of halogens is 1. The first-order chi connectivity index (χ1) is 7.65. The molecule has 3 unspecified atom stereocenters. The average molecular weight is 220 g/mol. The quantitative estimate of drug-likeness (QED) is 0.811. The normalized spacial score (nSPS) is 33.6. The molecule has 16 heavy (non-hydrogen) atoms. The lowest BCUT2D eigenvalue weighted by atomic mass is 9.90. The van der Waals surface area contributed by atoms with Crippen molar-refractivity contribution in [2.45, 2.75) is 32.3 Å². The van der Waals surface area contributed by atoms with Crippen LogP contribution < -0.4 is 0 Å². The molecule has 0 saturated heterocycles. The van der Waals surface area contributed by atoms with Crippen molar-refractivity contribution in [3.8, 4) is 0 Å². The molecule has 2 aliphatic rings. The van der Waals surface area contributed by atoms with Crippen LogP contribution in [0.25, 0.3) is 0 Å². The van der Waals surface area contributed by atoms with E-state index in [9.17, 15) is 9.50 Å². The molecule has 1 nitrogen and oxygen atoms in total. The van der Waals surface area contributed by atoms with Gasteiger partial charge in [0.25, 0.3) is 0 Å². The van der Waals surface area contributed by atoms with Gasteiger partial charge in [0.15, 0.2) is 0 Å². The van der Waals surface area contributed by atoms with Crippen molar-refractivity contribution in [2.75, 3.05) is 0 Å². The molecule has 2 heteroatoms. The van der Waals surface area contributed by atoms with Crippen molar-refractivity contribution < 1.29 is 9.50 Å². The second-order valence-corrected chi connectivity index (χ2v) is 5.46. The second-order valence-electron chi connectivity index (χ2n) is 5.46. The third kappa shape index (κ3) is 1.65. The van der Waals surface area contributed by atoms with Crippen molar-refractivity contribution in [1.82, 2.24) is 0 Å². The molecule has 0 heterocycles. The predicted octanol–water partition coefficient (Wildman–Crippen LogP) is 3.21. The van der Waals surface area contributed by atoms with E-state index in [0.29, 0.717) is 5.56 Å². The lowest BCUT2D eigenvalue weighted by Gasteiger charge is -2.20. The van der Waals surface area contributed by atoms with E-state index < -0.39 is 6.10 Å². The maximum Gasteiger partial charge on any atom is 0.129 e. The fourth-order valence-electron chi connectivity index (χ4n) is 3.16. The Balaban J connectivity index is 1.82. The monoisotopic (exact) mass is 220 g/mol. The molecule has 1 aromatic carbocycles. The number of hydrogen-bond donors (Lipinski definition) is 1. The van der Waals surface area contributed by atoms with Crippen LogP contribution in [0.3, 0.4) is 0 Å². The van der Waals surface area contributed by atoms with Crippen LogP contribution in [0.4, 0.5) is 4.39 Å². The number of rotatable bonds is 2. The summed E-state index contributed by atoms with van der Waals surface area (Å²) in [6.45, 7) is 1.93. The summed E-state index contributed by atoms with van der Waals surface area (Å²) in [6, 6.07) is 4.99. The molecule has 2 aliphatic carbocycles. The number of fused-ring (bicyclic) bond motifs is 1. The summed E-state index contributed by atoms with van der Waals surface area (Å²) in [4.78, 5) is 0. The number of aliphatic hydroxyl groups excluding tert-OH is 1. The Hall–Kier alpha value is -0.890. The molecule has 3 atom stereocenters. The molecule has 0 aromatic heterocycles. The van der Waals surface area contributed by atoms with E-state index in [1.54, 1.807) is 12.1 Å². The van der Waals surface area contributed by atoms with Crippen LogP contribution in [-0.2, 0) is 0 Å². The standard InChI is InChI=1S/C14H17FO/c1-8-2-3-13(15)12(4-8)14(16)11-6-9-5-10(9)7-11/h2-4,9-11,14,16H,5-7H2,1H3. The smallest absolute Gasteiger partial charge is 0.129 e. The summed E-state index contributed by atoms with van der Waals surface area (Å²) in [6.07, 6.45) is 2.89. The molecule has 0 spiro atoms. The van der Waals surface area contributed by atoms with Gasteiger partial charge in [-0.1, -0.05) is 17.7 Å². The van der Waals surface area contributed by atoms with Crippen LogP contribution >= 0.6 is 0 Å². The molecule has 0 amide bonds. The number of aliphatic hydroxyl groups is 1. The van der Waals surface area contributed by atoms with Crippen molar-refractivity contribution in [2.24, 2.45) is 17.8 Å². The van der Waals surface area contributed by atoms with Crippen molar-refractivity contribution >= 4 is 0 Å². The average Bonchev–Trinajstić information content (AvgIpc) is 2.88. The van der Waals surface area contributed by atoms with E-state index >= 15 is 0 Å². The van der Waals surface area contributed by atoms with Crippen LogP contribution in [0.2, 0.25) is 0 Å². The molecule has 1 N–H and O–H groups in total. The van der Waals surface area contributed by atoms with Crippen LogP contribution in [0, 0.1) is 30.5 Å². The molecular weight excluding hydrogens is 203 g/mol. The zero-order valence-electron chi connectivity index (χ0n) is 9.49. The van der Waals surface area contributed by atoms with Crippen LogP contribution in [0.5, 0.6) is 0 Å². The lowest BCUT2D eigenvalue weighted by molar-refractivity contribution is 0.101. The van der Waals surface area contributed by atoms with Gasteiger partial charge in [-0.15, -0.1) is 0 Å². The third-order valence-corrected chi connectivity index (χ3v) is 4.20. The zero-order valence-corrected chi connectivity index (χ0v) is 9.49. The molecule has 0 radical (unpaired) electrons. The minimum atomic E-state index is -0.604. The van der Waals surface area contributed by atoms with Crippen molar-refractivity contribution in [3.05, 3.63) is 35.1 Å². The first-order valence-corrected chi connectivity index (χ1v) is 6.09. The van der Waals surface area contributed by atoms with E-state index in [1.807, 2.05) is 6.92 Å². The van der Waals surface area contributed by atoms with Gasteiger partial charge in [0, 0.05) is 5.56 Å². The molecule has 1 aromatic rings. The Morgan fingerprint density at radius 2 is 1.94 bits per heavy atom. The topological polar surface area (TPSA) is 20.2 Å². The third-order valence-electron chi connectivity index (χ3n) is 4.20. The fraction of sp³-hybridized carbons (Fsp3) is 0.571. The second kappa shape index (κ2) is 3.56. The molecule has 0 bridgehead atoms. The highest BCUT2D eigenvalue weighted by Crippen LogP contribution is 2.57. The summed E-state index contributed by atoms with van der Waals surface area (Å²) >= 11 is 0. The Bertz CT molecular complexity index is 405. The Labute approximate surface area is 95.3 Å². The fourth-order valence-corrected chi connectivity index (χ4v) is 3.16. The van der Waals surface area contributed by atoms with Gasteiger partial charge in [-0.3, -0.25) is 0 Å².